The normalized spacial score (nSPS) is 8.80. The first-order chi connectivity index (χ1) is 7.17. The van der Waals surface area contributed by atoms with Gasteiger partial charge in [-0.25, -0.2) is 0 Å². The molecule has 1 amide bonds. The number of carbonyl (C=O) groups is 1. The highest BCUT2D eigenvalue weighted by molar-refractivity contribution is 7.80. The third-order valence-corrected chi connectivity index (χ3v) is 2.04. The molecular weight excluding hydrogens is 210 g/mol. The number of hydrogen-bond donors (Lipinski definition) is 2. The molecule has 0 saturated carbocycles. The summed E-state index contributed by atoms with van der Waals surface area (Å²) in [5, 5.41) is 14.0. The molecule has 0 spiro atoms. The van der Waals surface area contributed by atoms with E-state index in [0.717, 1.165) is 0 Å². The fourth-order valence-electron chi connectivity index (χ4n) is 0.934. The SMILES string of the molecule is CNC(=S)NC(=O)c1ccc(C#N)cc1. The summed E-state index contributed by atoms with van der Waals surface area (Å²) in [5.41, 5.74) is 0.981. The van der Waals surface area contributed by atoms with Gasteiger partial charge in [0, 0.05) is 12.6 Å². The number of hydrogen-bond acceptors (Lipinski definition) is 3. The maximum atomic E-state index is 11.5. The predicted molar refractivity (Wildman–Crippen MR) is 60.3 cm³/mol. The van der Waals surface area contributed by atoms with Crippen LogP contribution in [0.1, 0.15) is 15.9 Å². The van der Waals surface area contributed by atoms with E-state index in [1.807, 2.05) is 6.07 Å². The lowest BCUT2D eigenvalue weighted by Crippen LogP contribution is -2.37. The average Bonchev–Trinajstić information content (AvgIpc) is 2.29. The minimum Gasteiger partial charge on any atom is -0.365 e. The number of amides is 1. The molecule has 0 heterocycles. The highest BCUT2D eigenvalue weighted by atomic mass is 32.1. The van der Waals surface area contributed by atoms with Crippen LogP contribution in [0, 0.1) is 11.3 Å². The van der Waals surface area contributed by atoms with Crippen LogP contribution in [0.2, 0.25) is 0 Å². The number of nitrogens with one attached hydrogen (secondary N) is 2. The smallest absolute Gasteiger partial charge is 0.257 e. The summed E-state index contributed by atoms with van der Waals surface area (Å²) in [6.45, 7) is 0. The van der Waals surface area contributed by atoms with Crippen LogP contribution in [-0.2, 0) is 0 Å². The number of nitrogens with zero attached hydrogens (tertiary/aromatic N) is 1. The van der Waals surface area contributed by atoms with Gasteiger partial charge in [-0.05, 0) is 36.5 Å². The van der Waals surface area contributed by atoms with Gasteiger partial charge in [-0.1, -0.05) is 0 Å². The van der Waals surface area contributed by atoms with E-state index >= 15 is 0 Å². The zero-order valence-corrected chi connectivity index (χ0v) is 8.89. The Bertz CT molecular complexity index is 419. The first-order valence-corrected chi connectivity index (χ1v) is 4.61. The van der Waals surface area contributed by atoms with Crippen LogP contribution in [0.25, 0.3) is 0 Å². The summed E-state index contributed by atoms with van der Waals surface area (Å²) in [7, 11) is 1.63. The first-order valence-electron chi connectivity index (χ1n) is 4.20. The summed E-state index contributed by atoms with van der Waals surface area (Å²) in [5.74, 6) is -0.293. The van der Waals surface area contributed by atoms with Gasteiger partial charge in [-0.2, -0.15) is 5.26 Å². The highest BCUT2D eigenvalue weighted by Gasteiger charge is 2.05. The molecule has 0 aliphatic heterocycles. The minimum atomic E-state index is -0.293. The van der Waals surface area contributed by atoms with E-state index in [0.29, 0.717) is 11.1 Å². The fraction of sp³-hybridized carbons (Fsp3) is 0.100. The van der Waals surface area contributed by atoms with Crippen LogP contribution in [0.3, 0.4) is 0 Å². The number of thiocarbonyl (C=S) groups is 1. The van der Waals surface area contributed by atoms with Gasteiger partial charge in [0.25, 0.3) is 5.91 Å². The van der Waals surface area contributed by atoms with Crippen molar-refractivity contribution in [3.63, 3.8) is 0 Å². The van der Waals surface area contributed by atoms with Crippen molar-refractivity contribution in [3.05, 3.63) is 35.4 Å². The zero-order chi connectivity index (χ0) is 11.3. The monoisotopic (exact) mass is 219 g/mol. The van der Waals surface area contributed by atoms with E-state index in [-0.39, 0.29) is 11.0 Å². The van der Waals surface area contributed by atoms with Gasteiger partial charge in [0.1, 0.15) is 0 Å². The van der Waals surface area contributed by atoms with Crippen molar-refractivity contribution < 1.29 is 4.79 Å². The Balaban J connectivity index is 2.75. The lowest BCUT2D eigenvalue weighted by atomic mass is 10.1. The van der Waals surface area contributed by atoms with Gasteiger partial charge in [0.05, 0.1) is 11.6 Å². The Morgan fingerprint density at radius 3 is 2.47 bits per heavy atom. The number of rotatable bonds is 1. The molecule has 0 unspecified atom stereocenters. The summed E-state index contributed by atoms with van der Waals surface area (Å²) in [6, 6.07) is 8.29. The van der Waals surface area contributed by atoms with E-state index < -0.39 is 0 Å². The molecule has 0 radical (unpaired) electrons. The minimum absolute atomic E-state index is 0.268. The number of carbonyl (C=O) groups excluding carboxylic acids is 1. The number of nitriles is 1. The van der Waals surface area contributed by atoms with Crippen molar-refractivity contribution in [1.29, 1.82) is 5.26 Å². The van der Waals surface area contributed by atoms with Crippen molar-refractivity contribution in [2.75, 3.05) is 7.05 Å². The molecule has 2 N–H and O–H groups in total. The molecule has 76 valence electrons. The standard InChI is InChI=1S/C10H9N3OS/c1-12-10(15)13-9(14)8-4-2-7(6-11)3-5-8/h2-5H,1H3,(H2,12,13,14,15). The van der Waals surface area contributed by atoms with Gasteiger partial charge in [-0.3, -0.25) is 10.1 Å². The third-order valence-electron chi connectivity index (χ3n) is 1.73. The Hall–Kier alpha value is -1.93. The summed E-state index contributed by atoms with van der Waals surface area (Å²) in [6.07, 6.45) is 0. The molecule has 0 bridgehead atoms. The summed E-state index contributed by atoms with van der Waals surface area (Å²) >= 11 is 4.78. The molecule has 1 rings (SSSR count). The molecule has 0 aliphatic rings. The maximum absolute atomic E-state index is 11.5. The molecule has 0 saturated heterocycles. The second-order valence-corrected chi connectivity index (χ2v) is 3.13. The molecule has 1 aromatic rings. The van der Waals surface area contributed by atoms with E-state index in [9.17, 15) is 4.79 Å². The van der Waals surface area contributed by atoms with Crippen LogP contribution in [-0.4, -0.2) is 18.1 Å². The van der Waals surface area contributed by atoms with Crippen molar-refractivity contribution in [3.8, 4) is 6.07 Å². The van der Waals surface area contributed by atoms with Gasteiger partial charge < -0.3 is 5.32 Å². The third kappa shape index (κ3) is 3.04. The van der Waals surface area contributed by atoms with Crippen molar-refractivity contribution >= 4 is 23.2 Å². The van der Waals surface area contributed by atoms with Crippen molar-refractivity contribution in [1.82, 2.24) is 10.6 Å². The topological polar surface area (TPSA) is 64.9 Å². The Morgan fingerprint density at radius 1 is 1.40 bits per heavy atom. The first kappa shape index (κ1) is 11.1. The summed E-state index contributed by atoms with van der Waals surface area (Å²) in [4.78, 5) is 11.5. The van der Waals surface area contributed by atoms with Gasteiger partial charge in [-0.15, -0.1) is 0 Å². The molecule has 0 aromatic heterocycles. The zero-order valence-electron chi connectivity index (χ0n) is 8.07. The predicted octanol–water partition coefficient (Wildman–Crippen LogP) is 0.792. The maximum Gasteiger partial charge on any atom is 0.257 e. The molecule has 0 atom stereocenters. The van der Waals surface area contributed by atoms with Crippen LogP contribution >= 0.6 is 12.2 Å². The molecule has 15 heavy (non-hydrogen) atoms. The van der Waals surface area contributed by atoms with Crippen molar-refractivity contribution in [2.24, 2.45) is 0 Å². The van der Waals surface area contributed by atoms with Gasteiger partial charge in [0.2, 0.25) is 0 Å². The van der Waals surface area contributed by atoms with E-state index in [1.165, 1.54) is 0 Å². The summed E-state index contributed by atoms with van der Waals surface area (Å²) < 4.78 is 0. The molecule has 0 aliphatic carbocycles. The van der Waals surface area contributed by atoms with Crippen LogP contribution in [0.5, 0.6) is 0 Å². The molecule has 5 heteroatoms. The molecular formula is C10H9N3OS. The van der Waals surface area contributed by atoms with Crippen LogP contribution in [0.4, 0.5) is 0 Å². The Labute approximate surface area is 92.9 Å². The Morgan fingerprint density at radius 2 is 2.00 bits per heavy atom. The Kier molecular flexibility index (Phi) is 3.77. The lowest BCUT2D eigenvalue weighted by molar-refractivity contribution is 0.0977. The van der Waals surface area contributed by atoms with E-state index in [1.54, 1.807) is 31.3 Å². The molecule has 1 aromatic carbocycles. The van der Waals surface area contributed by atoms with Crippen LogP contribution in [0.15, 0.2) is 24.3 Å². The van der Waals surface area contributed by atoms with E-state index in [2.05, 4.69) is 10.6 Å². The fourth-order valence-corrected chi connectivity index (χ4v) is 1.03. The highest BCUT2D eigenvalue weighted by Crippen LogP contribution is 2.02. The van der Waals surface area contributed by atoms with E-state index in [4.69, 9.17) is 17.5 Å². The molecule has 0 fully saturated rings. The second-order valence-electron chi connectivity index (χ2n) is 2.72. The van der Waals surface area contributed by atoms with Gasteiger partial charge >= 0.3 is 0 Å². The quantitative estimate of drug-likeness (QED) is 0.685. The molecule has 4 nitrogen and oxygen atoms in total. The largest absolute Gasteiger partial charge is 0.365 e. The van der Waals surface area contributed by atoms with Crippen molar-refractivity contribution in [2.45, 2.75) is 0 Å². The van der Waals surface area contributed by atoms with Crippen LogP contribution < -0.4 is 10.6 Å². The average molecular weight is 219 g/mol. The number of benzene rings is 1. The second kappa shape index (κ2) is 5.08. The lowest BCUT2D eigenvalue weighted by Gasteiger charge is -2.05. The van der Waals surface area contributed by atoms with Gasteiger partial charge in [0.15, 0.2) is 5.11 Å².